The van der Waals surface area contributed by atoms with Gasteiger partial charge in [0.05, 0.1) is 47.5 Å². The largest absolute Gasteiger partial charge is 0.457 e. The quantitative estimate of drug-likeness (QED) is 0.0681. The van der Waals surface area contributed by atoms with E-state index in [2.05, 4.69) is 39.5 Å². The summed E-state index contributed by atoms with van der Waals surface area (Å²) in [6.45, 7) is -0.00786. The zero-order valence-electron chi connectivity index (χ0n) is 45.3. The highest BCUT2D eigenvalue weighted by atomic mass is 17.2. The average molecular weight is 1110 g/mol. The van der Waals surface area contributed by atoms with Gasteiger partial charge in [-0.25, -0.2) is 4.79 Å². The zero-order valence-corrected chi connectivity index (χ0v) is 45.3. The zero-order chi connectivity index (χ0) is 56.4. The Morgan fingerprint density at radius 3 is 2.11 bits per heavy atom. The third-order valence-electron chi connectivity index (χ3n) is 18.6. The molecule has 14 heteroatoms. The highest BCUT2D eigenvalue weighted by Crippen LogP contribution is 2.64. The number of allylic oxidation sites excluding steroid dienone is 5. The lowest BCUT2D eigenvalue weighted by Crippen LogP contribution is -2.64. The SMILES string of the molecule is O=C1OC(C2(C3Cc4ccccc4OC3=O)[C](N3Cc4ccccc4C3=O)OOc3c(C4CCc5ccccc5N4)c(C4C=Cc5ccccc5N4)c(C4C=C5C=CC=CC5NC4=O)c(C4C=C5C=CC=CC5C(=O)N4)c32)Cc2ccccc21. The van der Waals surface area contributed by atoms with Crippen LogP contribution in [0.4, 0.5) is 11.4 Å². The first-order valence-corrected chi connectivity index (χ1v) is 28.8. The number of carbonyl (C=O) groups is 5. The minimum absolute atomic E-state index is 0.00786. The highest BCUT2D eigenvalue weighted by Gasteiger charge is 2.69. The molecule has 9 atom stereocenters. The lowest BCUT2D eigenvalue weighted by atomic mass is 9.57. The van der Waals surface area contributed by atoms with Gasteiger partial charge < -0.3 is 35.6 Å². The van der Waals surface area contributed by atoms with Crippen molar-refractivity contribution >= 4 is 47.1 Å². The van der Waals surface area contributed by atoms with Gasteiger partial charge in [0, 0.05) is 41.0 Å². The fourth-order valence-electron chi connectivity index (χ4n) is 14.8. The van der Waals surface area contributed by atoms with Crippen molar-refractivity contribution in [2.75, 3.05) is 10.6 Å². The maximum absolute atomic E-state index is 16.2. The van der Waals surface area contributed by atoms with Gasteiger partial charge in [0.25, 0.3) is 12.1 Å². The van der Waals surface area contributed by atoms with Crippen LogP contribution < -0.4 is 30.9 Å². The predicted molar refractivity (Wildman–Crippen MR) is 313 cm³/mol. The number of rotatable bonds is 7. The Morgan fingerprint density at radius 1 is 0.536 bits per heavy atom. The third-order valence-corrected chi connectivity index (χ3v) is 18.6. The van der Waals surface area contributed by atoms with E-state index in [0.29, 0.717) is 79.8 Å². The minimum atomic E-state index is -2.08. The number of para-hydroxylation sites is 3. The molecule has 8 aliphatic heterocycles. The van der Waals surface area contributed by atoms with Crippen molar-refractivity contribution in [1.29, 1.82) is 0 Å². The molecule has 0 bridgehead atoms. The number of hydrogen-bond acceptors (Lipinski definition) is 11. The van der Waals surface area contributed by atoms with E-state index in [1.807, 2.05) is 140 Å². The summed E-state index contributed by atoms with van der Waals surface area (Å²) in [6, 6.07) is 35.3. The van der Waals surface area contributed by atoms with E-state index in [9.17, 15) is 0 Å². The molecule has 0 spiro atoms. The molecule has 10 aliphatic rings. The molecular weight excluding hydrogens is 1050 g/mol. The Labute approximate surface area is 483 Å². The topological polar surface area (TPSA) is 174 Å². The lowest BCUT2D eigenvalue weighted by molar-refractivity contribution is -0.268. The number of nitrogens with one attached hydrogen (secondary N) is 4. The molecule has 4 N–H and O–H groups in total. The number of amides is 3. The van der Waals surface area contributed by atoms with Gasteiger partial charge in [-0.2, -0.15) is 4.89 Å². The van der Waals surface area contributed by atoms with Crippen molar-refractivity contribution in [1.82, 2.24) is 15.5 Å². The van der Waals surface area contributed by atoms with E-state index >= 15 is 24.0 Å². The number of aryl methyl sites for hydroxylation is 1. The molecule has 6 aromatic rings. The van der Waals surface area contributed by atoms with Crippen molar-refractivity contribution in [3.8, 4) is 11.5 Å². The number of anilines is 2. The first-order chi connectivity index (χ1) is 41.2. The van der Waals surface area contributed by atoms with Crippen LogP contribution in [0.3, 0.4) is 0 Å². The summed E-state index contributed by atoms with van der Waals surface area (Å²) in [5.74, 6) is -4.92. The lowest BCUT2D eigenvalue weighted by Gasteiger charge is -2.55. The van der Waals surface area contributed by atoms with Crippen LogP contribution in [0.5, 0.6) is 11.5 Å². The van der Waals surface area contributed by atoms with Gasteiger partial charge in [0.2, 0.25) is 11.8 Å². The number of esters is 2. The fourth-order valence-corrected chi connectivity index (χ4v) is 14.8. The van der Waals surface area contributed by atoms with Gasteiger partial charge in [-0.3, -0.25) is 24.1 Å². The highest BCUT2D eigenvalue weighted by molar-refractivity contribution is 6.00. The van der Waals surface area contributed by atoms with Crippen molar-refractivity contribution in [3.63, 3.8) is 0 Å². The van der Waals surface area contributed by atoms with E-state index in [4.69, 9.17) is 19.2 Å². The van der Waals surface area contributed by atoms with Crippen molar-refractivity contribution in [3.05, 3.63) is 272 Å². The van der Waals surface area contributed by atoms with Crippen LogP contribution in [0.2, 0.25) is 0 Å². The van der Waals surface area contributed by atoms with Gasteiger partial charge in [0.15, 0.2) is 5.75 Å². The van der Waals surface area contributed by atoms with Crippen molar-refractivity contribution in [2.45, 2.75) is 73.8 Å². The van der Waals surface area contributed by atoms with Gasteiger partial charge in [-0.05, 0) is 105 Å². The van der Waals surface area contributed by atoms with Crippen molar-refractivity contribution < 1.29 is 43.2 Å². The number of nitrogens with zero attached hydrogens (tertiary/aromatic N) is 1. The van der Waals surface area contributed by atoms with E-state index in [0.717, 1.165) is 28.1 Å². The molecule has 0 saturated carbocycles. The summed E-state index contributed by atoms with van der Waals surface area (Å²) in [7, 11) is 0. The summed E-state index contributed by atoms with van der Waals surface area (Å²) in [5.41, 5.74) is 8.55. The monoisotopic (exact) mass is 1110 g/mol. The van der Waals surface area contributed by atoms with Crippen LogP contribution in [-0.4, -0.2) is 46.7 Å². The molecule has 16 rings (SSSR count). The van der Waals surface area contributed by atoms with Crippen LogP contribution in [0.25, 0.3) is 6.08 Å². The molecule has 0 saturated heterocycles. The van der Waals surface area contributed by atoms with Gasteiger partial charge in [0.1, 0.15) is 17.3 Å². The molecule has 2 aliphatic carbocycles. The van der Waals surface area contributed by atoms with E-state index in [-0.39, 0.29) is 43.2 Å². The van der Waals surface area contributed by atoms with Gasteiger partial charge >= 0.3 is 11.9 Å². The summed E-state index contributed by atoms with van der Waals surface area (Å²) >= 11 is 0. The molecular formula is C70H54N5O9. The second-order valence-electron chi connectivity index (χ2n) is 23.0. The molecule has 6 aromatic carbocycles. The Hall–Kier alpha value is -9.79. The Balaban J connectivity index is 1.10. The van der Waals surface area contributed by atoms with Crippen molar-refractivity contribution in [2.24, 2.45) is 11.8 Å². The number of benzene rings is 6. The average Bonchev–Trinajstić information content (AvgIpc) is 0.879. The maximum atomic E-state index is 16.2. The summed E-state index contributed by atoms with van der Waals surface area (Å²) < 4.78 is 13.6. The second-order valence-corrected chi connectivity index (χ2v) is 23.0. The molecule has 84 heavy (non-hydrogen) atoms. The fraction of sp³-hybridized carbons (Fsp3) is 0.200. The molecule has 413 valence electrons. The summed E-state index contributed by atoms with van der Waals surface area (Å²) in [6.07, 6.45) is 23.2. The van der Waals surface area contributed by atoms with Crippen LogP contribution in [0, 0.1) is 18.1 Å². The molecule has 0 fully saturated rings. The summed E-state index contributed by atoms with van der Waals surface area (Å²) in [5, 5.41) is 14.6. The normalized spacial score (nSPS) is 27.4. The van der Waals surface area contributed by atoms with E-state index < -0.39 is 71.3 Å². The standard InChI is InChI=1S/C70H54N5O9/c76-64-45-22-8-1-17-40(45)35-55(74-64)60-58(48-33-42-19-6-13-27-52(42)73-65(48)77)59(53-31-29-38-15-4-11-25-50(38)71-53)61(54-32-30-39-16-5-12-26-51(39)72-54)63-62(60)70(49-34-43-20-7-14-28-56(43)81-68(49)80,57-36-41-18-2-10-24-47(41)67(79)82-57)69(84-83-63)75-37-44-21-3-9-23-46(44)66(75)78/h1-29,31,33,35,45,48-49,52-55,57,71-72H,30,32,34,36-37H2,(H,73,77)(H,74,76). The summed E-state index contributed by atoms with van der Waals surface area (Å²) in [4.78, 5) is 94.1. The van der Waals surface area contributed by atoms with E-state index in [1.165, 1.54) is 4.90 Å². The first-order valence-electron chi connectivity index (χ1n) is 28.8. The van der Waals surface area contributed by atoms with Crippen LogP contribution >= 0.6 is 0 Å². The van der Waals surface area contributed by atoms with Crippen LogP contribution in [-0.2, 0) is 55.2 Å². The number of cyclic esters (lactones) is 1. The van der Waals surface area contributed by atoms with Gasteiger partial charge in [-0.15, -0.1) is 0 Å². The van der Waals surface area contributed by atoms with Crippen LogP contribution in [0.1, 0.15) is 107 Å². The number of ether oxygens (including phenoxy) is 2. The Morgan fingerprint density at radius 2 is 1.25 bits per heavy atom. The Kier molecular flexibility index (Phi) is 11.6. The molecule has 9 unspecified atom stereocenters. The van der Waals surface area contributed by atoms with Gasteiger partial charge in [-0.1, -0.05) is 164 Å². The first kappa shape index (κ1) is 50.0. The molecule has 14 nitrogen and oxygen atoms in total. The molecule has 8 heterocycles. The minimum Gasteiger partial charge on any atom is -0.457 e. The molecule has 3 amide bonds. The smallest absolute Gasteiger partial charge is 0.338 e. The second kappa shape index (κ2) is 19.4. The van der Waals surface area contributed by atoms with Crippen LogP contribution in [0.15, 0.2) is 199 Å². The number of fused-ring (bicyclic) bond motifs is 8. The third kappa shape index (κ3) is 7.69. The predicted octanol–water partition coefficient (Wildman–Crippen LogP) is 10.7. The Bertz CT molecular complexity index is 4130. The molecule has 0 aromatic heterocycles. The maximum Gasteiger partial charge on any atom is 0.338 e. The molecule has 1 radical (unpaired) electrons. The van der Waals surface area contributed by atoms with E-state index in [1.54, 1.807) is 36.4 Å². The number of carbonyl (C=O) groups excluding carboxylic acids is 5. The number of hydrogen-bond donors (Lipinski definition) is 4.